The Hall–Kier alpha value is -2.66. The fraction of sp³-hybridized carbons (Fsp3) is 0.609. The van der Waals surface area contributed by atoms with Gasteiger partial charge in [-0.05, 0) is 31.0 Å². The van der Waals surface area contributed by atoms with E-state index in [4.69, 9.17) is 9.72 Å². The average molecular weight is 494 g/mol. The summed E-state index contributed by atoms with van der Waals surface area (Å²) in [5, 5.41) is 0. The van der Waals surface area contributed by atoms with Crippen molar-refractivity contribution in [3.8, 4) is 0 Å². The summed E-state index contributed by atoms with van der Waals surface area (Å²) in [5.41, 5.74) is 1.49. The van der Waals surface area contributed by atoms with Crippen molar-refractivity contribution >= 4 is 33.1 Å². The minimum atomic E-state index is -3.56. The average Bonchev–Trinajstić information content (AvgIpc) is 2.98. The third kappa shape index (κ3) is 5.69. The highest BCUT2D eigenvalue weighted by Crippen LogP contribution is 2.23. The van der Waals surface area contributed by atoms with E-state index in [1.807, 2.05) is 0 Å². The number of aryl methyl sites for hydroxylation is 2. The topological polar surface area (TPSA) is 105 Å². The zero-order chi connectivity index (χ0) is 24.9. The number of carbonyl (C=O) groups excluding carboxylic acids is 2. The summed E-state index contributed by atoms with van der Waals surface area (Å²) in [5.74, 6) is 0.805. The van der Waals surface area contributed by atoms with Gasteiger partial charge in [0, 0.05) is 59.7 Å². The molecule has 1 aliphatic rings. The summed E-state index contributed by atoms with van der Waals surface area (Å²) >= 11 is 0. The Morgan fingerprint density at radius 3 is 2.50 bits per heavy atom. The van der Waals surface area contributed by atoms with Crippen LogP contribution in [0.25, 0.3) is 11.0 Å². The first-order valence-corrected chi connectivity index (χ1v) is 13.2. The highest BCUT2D eigenvalue weighted by Gasteiger charge is 2.23. The van der Waals surface area contributed by atoms with E-state index in [1.54, 1.807) is 28.0 Å². The first kappa shape index (κ1) is 26.0. The molecule has 0 N–H and O–H groups in total. The van der Waals surface area contributed by atoms with Crippen LogP contribution >= 0.6 is 0 Å². The van der Waals surface area contributed by atoms with Crippen molar-refractivity contribution in [2.75, 3.05) is 47.4 Å². The SMILES string of the molecule is CCCCn1c(CCC(=O)N2CCCN(C(=O)OC)CC2)nc2cc(S(=O)(=O)N(C)C)ccc21. The maximum Gasteiger partial charge on any atom is 0.409 e. The third-order valence-electron chi connectivity index (χ3n) is 6.16. The van der Waals surface area contributed by atoms with Gasteiger partial charge in [0.1, 0.15) is 5.82 Å². The standard InChI is InChI=1S/C23H35N5O5S/c1-5-6-14-28-20-9-8-18(34(31,32)25(2)3)17-19(20)24-21(28)10-11-22(29)26-12-7-13-27(16-15-26)23(30)33-4/h8-9,17H,5-7,10-16H2,1-4H3. The molecule has 3 rings (SSSR count). The number of imidazole rings is 1. The fourth-order valence-electron chi connectivity index (χ4n) is 4.14. The van der Waals surface area contributed by atoms with Gasteiger partial charge < -0.3 is 19.1 Å². The Bertz CT molecular complexity index is 1130. The number of hydrogen-bond acceptors (Lipinski definition) is 6. The minimum absolute atomic E-state index is 0.0247. The monoisotopic (exact) mass is 493 g/mol. The van der Waals surface area contributed by atoms with Gasteiger partial charge in [0.15, 0.2) is 0 Å². The Morgan fingerprint density at radius 1 is 1.12 bits per heavy atom. The van der Waals surface area contributed by atoms with Gasteiger partial charge in [-0.3, -0.25) is 4.79 Å². The molecule has 1 fully saturated rings. The first-order valence-electron chi connectivity index (χ1n) is 11.7. The number of carbonyl (C=O) groups is 2. The predicted octanol–water partition coefficient (Wildman–Crippen LogP) is 2.32. The zero-order valence-corrected chi connectivity index (χ0v) is 21.3. The number of hydrogen-bond donors (Lipinski definition) is 0. The molecule has 11 heteroatoms. The van der Waals surface area contributed by atoms with Crippen LogP contribution in [-0.4, -0.2) is 91.5 Å². The molecule has 2 heterocycles. The molecule has 1 aromatic heterocycles. The number of rotatable bonds is 8. The summed E-state index contributed by atoms with van der Waals surface area (Å²) in [6.07, 6.45) is 3.07. The molecule has 1 saturated heterocycles. The van der Waals surface area contributed by atoms with Crippen LogP contribution in [0.5, 0.6) is 0 Å². The molecule has 0 bridgehead atoms. The van der Waals surface area contributed by atoms with Crippen LogP contribution in [0.15, 0.2) is 23.1 Å². The Morgan fingerprint density at radius 2 is 1.82 bits per heavy atom. The van der Waals surface area contributed by atoms with E-state index in [-0.39, 0.29) is 16.9 Å². The van der Waals surface area contributed by atoms with Crippen molar-refractivity contribution in [1.29, 1.82) is 0 Å². The number of aromatic nitrogens is 2. The second-order valence-electron chi connectivity index (χ2n) is 8.66. The number of nitrogens with zero attached hydrogens (tertiary/aromatic N) is 5. The molecule has 0 unspecified atom stereocenters. The largest absolute Gasteiger partial charge is 0.453 e. The smallest absolute Gasteiger partial charge is 0.409 e. The Labute approximate surface area is 201 Å². The zero-order valence-electron chi connectivity index (χ0n) is 20.5. The van der Waals surface area contributed by atoms with Gasteiger partial charge >= 0.3 is 6.09 Å². The van der Waals surface area contributed by atoms with Gasteiger partial charge in [0.2, 0.25) is 15.9 Å². The van der Waals surface area contributed by atoms with Crippen molar-refractivity contribution in [3.63, 3.8) is 0 Å². The molecule has 1 aliphatic heterocycles. The molecule has 0 aliphatic carbocycles. The summed E-state index contributed by atoms with van der Waals surface area (Å²) in [6, 6.07) is 5.02. The number of unbranched alkanes of at least 4 members (excludes halogenated alkanes) is 1. The van der Waals surface area contributed by atoms with Gasteiger partial charge in [0.25, 0.3) is 0 Å². The van der Waals surface area contributed by atoms with E-state index in [0.717, 1.165) is 30.7 Å². The quantitative estimate of drug-likeness (QED) is 0.559. The van der Waals surface area contributed by atoms with E-state index in [1.165, 1.54) is 25.5 Å². The molecule has 0 radical (unpaired) electrons. The van der Waals surface area contributed by atoms with E-state index in [0.29, 0.717) is 51.0 Å². The molecule has 34 heavy (non-hydrogen) atoms. The van der Waals surface area contributed by atoms with Gasteiger partial charge in [-0.15, -0.1) is 0 Å². The maximum atomic E-state index is 12.9. The van der Waals surface area contributed by atoms with Gasteiger partial charge in [-0.1, -0.05) is 13.3 Å². The second kappa shape index (κ2) is 11.2. The predicted molar refractivity (Wildman–Crippen MR) is 129 cm³/mol. The summed E-state index contributed by atoms with van der Waals surface area (Å²) in [4.78, 5) is 33.1. The molecule has 0 saturated carbocycles. The molecular weight excluding hydrogens is 458 g/mol. The number of fused-ring (bicyclic) bond motifs is 1. The summed E-state index contributed by atoms with van der Waals surface area (Å²) in [6.45, 7) is 4.98. The van der Waals surface area contributed by atoms with Gasteiger partial charge in [-0.25, -0.2) is 22.5 Å². The van der Waals surface area contributed by atoms with Crippen molar-refractivity contribution in [3.05, 3.63) is 24.0 Å². The Balaban J connectivity index is 1.77. The lowest BCUT2D eigenvalue weighted by Crippen LogP contribution is -2.37. The number of ether oxygens (including phenoxy) is 1. The number of sulfonamides is 1. The summed E-state index contributed by atoms with van der Waals surface area (Å²) < 4.78 is 33.2. The molecule has 0 atom stereocenters. The minimum Gasteiger partial charge on any atom is -0.453 e. The van der Waals surface area contributed by atoms with Crippen LogP contribution < -0.4 is 0 Å². The summed E-state index contributed by atoms with van der Waals surface area (Å²) in [7, 11) is 0.809. The van der Waals surface area contributed by atoms with Crippen LogP contribution in [0.1, 0.15) is 38.4 Å². The molecule has 1 aromatic carbocycles. The van der Waals surface area contributed by atoms with Crippen molar-refractivity contribution in [2.45, 2.75) is 50.5 Å². The van der Waals surface area contributed by atoms with Crippen LogP contribution in [0, 0.1) is 0 Å². The van der Waals surface area contributed by atoms with Crippen molar-refractivity contribution in [1.82, 2.24) is 23.7 Å². The lowest BCUT2D eigenvalue weighted by atomic mass is 10.2. The molecule has 2 amide bonds. The maximum absolute atomic E-state index is 12.9. The normalized spacial score (nSPS) is 15.1. The highest BCUT2D eigenvalue weighted by atomic mass is 32.2. The molecule has 0 spiro atoms. The molecular formula is C23H35N5O5S. The number of amides is 2. The lowest BCUT2D eigenvalue weighted by Gasteiger charge is -2.21. The number of benzene rings is 1. The second-order valence-corrected chi connectivity index (χ2v) is 10.8. The van der Waals surface area contributed by atoms with Crippen molar-refractivity contribution in [2.24, 2.45) is 0 Å². The fourth-order valence-corrected chi connectivity index (χ4v) is 5.06. The third-order valence-corrected chi connectivity index (χ3v) is 7.97. The van der Waals surface area contributed by atoms with E-state index >= 15 is 0 Å². The van der Waals surface area contributed by atoms with Gasteiger partial charge in [0.05, 0.1) is 23.0 Å². The first-order chi connectivity index (χ1) is 16.2. The Kier molecular flexibility index (Phi) is 8.53. The highest BCUT2D eigenvalue weighted by molar-refractivity contribution is 7.89. The van der Waals surface area contributed by atoms with Crippen LogP contribution in [0.3, 0.4) is 0 Å². The van der Waals surface area contributed by atoms with Crippen LogP contribution in [0.4, 0.5) is 4.79 Å². The van der Waals surface area contributed by atoms with Crippen molar-refractivity contribution < 1.29 is 22.7 Å². The van der Waals surface area contributed by atoms with Gasteiger partial charge in [-0.2, -0.15) is 0 Å². The van der Waals surface area contributed by atoms with E-state index in [2.05, 4.69) is 11.5 Å². The van der Waals surface area contributed by atoms with E-state index in [9.17, 15) is 18.0 Å². The van der Waals surface area contributed by atoms with Crippen LogP contribution in [0.2, 0.25) is 0 Å². The molecule has 10 nitrogen and oxygen atoms in total. The van der Waals surface area contributed by atoms with Crippen LogP contribution in [-0.2, 0) is 32.5 Å². The lowest BCUT2D eigenvalue weighted by molar-refractivity contribution is -0.131. The van der Waals surface area contributed by atoms with E-state index < -0.39 is 10.0 Å². The molecule has 188 valence electrons. The number of methoxy groups -OCH3 is 1. The molecule has 2 aromatic rings.